The molecule has 2 aromatic rings. The lowest BCUT2D eigenvalue weighted by atomic mass is 10.1. The lowest BCUT2D eigenvalue weighted by Crippen LogP contribution is -2.30. The highest BCUT2D eigenvalue weighted by Crippen LogP contribution is 2.40. The molecule has 28 heavy (non-hydrogen) atoms. The molecule has 2 amide bonds. The number of hydrogen-bond acceptors (Lipinski definition) is 7. The number of nitrogens with zero attached hydrogens (tertiary/aromatic N) is 2. The van der Waals surface area contributed by atoms with E-state index in [-0.39, 0.29) is 35.2 Å². The summed E-state index contributed by atoms with van der Waals surface area (Å²) in [5, 5.41) is 11.0. The molecule has 2 aliphatic heterocycles. The van der Waals surface area contributed by atoms with Crippen molar-refractivity contribution in [1.82, 2.24) is 4.90 Å². The standard InChI is InChI=1S/C19H14N2O6S/c22-18-17(28-19(23)20(18)7-6-12-4-2-1-3-5-12)9-13-8-15-16(27-11-26-15)10-14(13)21(24)25/h1-5,8-10H,6-7,11H2/b17-9-. The normalized spacial score (nSPS) is 16.9. The number of rotatable bonds is 5. The lowest BCUT2D eigenvalue weighted by Gasteiger charge is -2.12. The molecule has 9 heteroatoms. The van der Waals surface area contributed by atoms with Crippen molar-refractivity contribution in [3.8, 4) is 11.5 Å². The average molecular weight is 398 g/mol. The third kappa shape index (κ3) is 3.44. The van der Waals surface area contributed by atoms with Crippen LogP contribution in [-0.4, -0.2) is 34.3 Å². The van der Waals surface area contributed by atoms with Crippen LogP contribution in [0.25, 0.3) is 6.08 Å². The number of carbonyl (C=O) groups is 2. The topological polar surface area (TPSA) is 99.0 Å². The number of ether oxygens (including phenoxy) is 2. The third-order valence-electron chi connectivity index (χ3n) is 4.35. The van der Waals surface area contributed by atoms with Crippen LogP contribution in [0, 0.1) is 10.1 Å². The van der Waals surface area contributed by atoms with Gasteiger partial charge < -0.3 is 9.47 Å². The number of fused-ring (bicyclic) bond motifs is 1. The van der Waals surface area contributed by atoms with Gasteiger partial charge in [0.1, 0.15) is 0 Å². The van der Waals surface area contributed by atoms with E-state index >= 15 is 0 Å². The highest BCUT2D eigenvalue weighted by atomic mass is 32.2. The molecular formula is C19H14N2O6S. The van der Waals surface area contributed by atoms with Gasteiger partial charge >= 0.3 is 0 Å². The van der Waals surface area contributed by atoms with E-state index in [9.17, 15) is 19.7 Å². The quantitative estimate of drug-likeness (QED) is 0.431. The molecule has 0 bridgehead atoms. The first-order valence-electron chi connectivity index (χ1n) is 8.40. The fourth-order valence-electron chi connectivity index (χ4n) is 2.94. The number of carbonyl (C=O) groups excluding carboxylic acids is 2. The number of benzene rings is 2. The lowest BCUT2D eigenvalue weighted by molar-refractivity contribution is -0.385. The van der Waals surface area contributed by atoms with Gasteiger partial charge in [-0.05, 0) is 35.9 Å². The summed E-state index contributed by atoms with van der Waals surface area (Å²) in [5.41, 5.74) is 0.972. The summed E-state index contributed by atoms with van der Waals surface area (Å²) in [4.78, 5) is 37.0. The molecule has 0 unspecified atom stereocenters. The van der Waals surface area contributed by atoms with E-state index < -0.39 is 16.1 Å². The van der Waals surface area contributed by atoms with Crippen molar-refractivity contribution >= 4 is 34.7 Å². The second kappa shape index (κ2) is 7.35. The van der Waals surface area contributed by atoms with E-state index in [2.05, 4.69) is 0 Å². The minimum atomic E-state index is -0.562. The molecular weight excluding hydrogens is 384 g/mol. The third-order valence-corrected chi connectivity index (χ3v) is 5.25. The predicted molar refractivity (Wildman–Crippen MR) is 102 cm³/mol. The molecule has 0 N–H and O–H groups in total. The van der Waals surface area contributed by atoms with E-state index in [0.717, 1.165) is 22.2 Å². The molecule has 2 aliphatic rings. The first kappa shape index (κ1) is 18.1. The zero-order valence-corrected chi connectivity index (χ0v) is 15.3. The summed E-state index contributed by atoms with van der Waals surface area (Å²) < 4.78 is 10.4. The van der Waals surface area contributed by atoms with Gasteiger partial charge in [0.25, 0.3) is 16.8 Å². The minimum absolute atomic E-state index is 0.0219. The van der Waals surface area contributed by atoms with Gasteiger partial charge in [-0.3, -0.25) is 24.6 Å². The summed E-state index contributed by atoms with van der Waals surface area (Å²) >= 11 is 0.769. The van der Waals surface area contributed by atoms with Crippen LogP contribution in [0.1, 0.15) is 11.1 Å². The second-order valence-electron chi connectivity index (χ2n) is 6.09. The molecule has 8 nitrogen and oxygen atoms in total. The fraction of sp³-hybridized carbons (Fsp3) is 0.158. The Morgan fingerprint density at radius 2 is 1.86 bits per heavy atom. The van der Waals surface area contributed by atoms with Crippen molar-refractivity contribution in [1.29, 1.82) is 0 Å². The Morgan fingerprint density at radius 1 is 1.14 bits per heavy atom. The molecule has 0 saturated carbocycles. The smallest absolute Gasteiger partial charge is 0.293 e. The van der Waals surface area contributed by atoms with E-state index in [1.54, 1.807) is 0 Å². The maximum absolute atomic E-state index is 12.6. The van der Waals surface area contributed by atoms with Gasteiger partial charge in [0.05, 0.1) is 21.5 Å². The second-order valence-corrected chi connectivity index (χ2v) is 7.08. The van der Waals surface area contributed by atoms with Crippen molar-refractivity contribution in [2.75, 3.05) is 13.3 Å². The highest BCUT2D eigenvalue weighted by Gasteiger charge is 2.35. The average Bonchev–Trinajstić information content (AvgIpc) is 3.24. The Kier molecular flexibility index (Phi) is 4.74. The van der Waals surface area contributed by atoms with Gasteiger partial charge in [-0.25, -0.2) is 0 Å². The Balaban J connectivity index is 1.58. The molecule has 2 aromatic carbocycles. The van der Waals surface area contributed by atoms with Crippen LogP contribution >= 0.6 is 11.8 Å². The zero-order chi connectivity index (χ0) is 19.7. The number of nitro benzene ring substituents is 1. The van der Waals surface area contributed by atoms with Crippen molar-refractivity contribution in [2.45, 2.75) is 6.42 Å². The van der Waals surface area contributed by atoms with E-state index in [1.807, 2.05) is 30.3 Å². The summed E-state index contributed by atoms with van der Waals surface area (Å²) in [7, 11) is 0. The molecule has 4 rings (SSSR count). The molecule has 142 valence electrons. The van der Waals surface area contributed by atoms with Crippen LogP contribution in [0.4, 0.5) is 10.5 Å². The van der Waals surface area contributed by atoms with Gasteiger partial charge in [-0.15, -0.1) is 0 Å². The van der Waals surface area contributed by atoms with Gasteiger partial charge in [-0.1, -0.05) is 30.3 Å². The van der Waals surface area contributed by atoms with Crippen LogP contribution in [0.3, 0.4) is 0 Å². The Hall–Kier alpha value is -3.33. The Morgan fingerprint density at radius 3 is 2.57 bits per heavy atom. The first-order chi connectivity index (χ1) is 13.5. The molecule has 0 atom stereocenters. The summed E-state index contributed by atoms with van der Waals surface area (Å²) in [5.74, 6) is 0.179. The fourth-order valence-corrected chi connectivity index (χ4v) is 3.80. The predicted octanol–water partition coefficient (Wildman–Crippen LogP) is 3.60. The summed E-state index contributed by atoms with van der Waals surface area (Å²) in [6.07, 6.45) is 1.89. The Bertz CT molecular complexity index is 1000. The maximum Gasteiger partial charge on any atom is 0.293 e. The highest BCUT2D eigenvalue weighted by molar-refractivity contribution is 8.18. The number of nitro groups is 1. The largest absolute Gasteiger partial charge is 0.454 e. The van der Waals surface area contributed by atoms with E-state index in [4.69, 9.17) is 9.47 Å². The van der Waals surface area contributed by atoms with Gasteiger partial charge in [-0.2, -0.15) is 0 Å². The first-order valence-corrected chi connectivity index (χ1v) is 9.22. The number of hydrogen-bond donors (Lipinski definition) is 0. The summed E-state index contributed by atoms with van der Waals surface area (Å²) in [6, 6.07) is 12.2. The van der Waals surface area contributed by atoms with Crippen LogP contribution in [0.15, 0.2) is 47.4 Å². The van der Waals surface area contributed by atoms with Crippen molar-refractivity contribution in [2.24, 2.45) is 0 Å². The summed E-state index contributed by atoms with van der Waals surface area (Å²) in [6.45, 7) is 0.223. The molecule has 1 saturated heterocycles. The minimum Gasteiger partial charge on any atom is -0.454 e. The SMILES string of the molecule is O=C1S/C(=C\c2cc3c(cc2[N+](=O)[O-])OCO3)C(=O)N1CCc1ccccc1. The maximum atomic E-state index is 12.6. The van der Waals surface area contributed by atoms with Crippen LogP contribution < -0.4 is 9.47 Å². The van der Waals surface area contributed by atoms with Gasteiger partial charge in [0.15, 0.2) is 11.5 Å². The number of amides is 2. The molecule has 0 spiro atoms. The number of imide groups is 1. The zero-order valence-electron chi connectivity index (χ0n) is 14.5. The van der Waals surface area contributed by atoms with Crippen molar-refractivity contribution in [3.05, 3.63) is 68.6 Å². The van der Waals surface area contributed by atoms with Gasteiger partial charge in [0.2, 0.25) is 6.79 Å². The molecule has 1 fully saturated rings. The Labute approximate surface area is 163 Å². The van der Waals surface area contributed by atoms with Gasteiger partial charge in [0, 0.05) is 6.54 Å². The van der Waals surface area contributed by atoms with Crippen LogP contribution in [0.2, 0.25) is 0 Å². The van der Waals surface area contributed by atoms with Crippen LogP contribution in [-0.2, 0) is 11.2 Å². The van der Waals surface area contributed by atoms with E-state index in [1.165, 1.54) is 18.2 Å². The van der Waals surface area contributed by atoms with Crippen molar-refractivity contribution in [3.63, 3.8) is 0 Å². The van der Waals surface area contributed by atoms with Crippen LogP contribution in [0.5, 0.6) is 11.5 Å². The molecule has 0 aromatic heterocycles. The molecule has 2 heterocycles. The van der Waals surface area contributed by atoms with E-state index in [0.29, 0.717) is 12.2 Å². The molecule has 0 aliphatic carbocycles. The number of thioether (sulfide) groups is 1. The van der Waals surface area contributed by atoms with Crippen molar-refractivity contribution < 1.29 is 24.0 Å². The monoisotopic (exact) mass is 398 g/mol. The molecule has 0 radical (unpaired) electrons.